The highest BCUT2D eigenvalue weighted by Gasteiger charge is 2.54. The maximum atomic E-state index is 11.8. The van der Waals surface area contributed by atoms with Crippen molar-refractivity contribution < 1.29 is 14.6 Å². The number of carbonyl (C=O) groups is 1. The summed E-state index contributed by atoms with van der Waals surface area (Å²) in [5, 5.41) is 9.71. The predicted molar refractivity (Wildman–Crippen MR) is 92.0 cm³/mol. The number of fused-ring (bicyclic) bond motifs is 1. The number of ether oxygens (including phenoxy) is 1. The molecule has 4 heteroatoms. The fourth-order valence-electron chi connectivity index (χ4n) is 5.04. The molecule has 1 aromatic rings. The van der Waals surface area contributed by atoms with Crippen molar-refractivity contribution in [3.05, 3.63) is 29.8 Å². The molecule has 1 saturated heterocycles. The van der Waals surface area contributed by atoms with Crippen LogP contribution in [0.3, 0.4) is 0 Å². The zero-order chi connectivity index (χ0) is 16.6. The first-order chi connectivity index (χ1) is 11.7. The lowest BCUT2D eigenvalue weighted by Crippen LogP contribution is -2.35. The second-order valence-electron chi connectivity index (χ2n) is 7.89. The van der Waals surface area contributed by atoms with Crippen LogP contribution in [-0.2, 0) is 11.3 Å². The smallest absolute Gasteiger partial charge is 0.311 e. The fourth-order valence-corrected chi connectivity index (χ4v) is 5.04. The van der Waals surface area contributed by atoms with E-state index < -0.39 is 11.4 Å². The first kappa shape index (κ1) is 15.9. The highest BCUT2D eigenvalue weighted by Crippen LogP contribution is 2.49. The van der Waals surface area contributed by atoms with Crippen LogP contribution in [0.15, 0.2) is 24.3 Å². The van der Waals surface area contributed by atoms with Gasteiger partial charge in [0.15, 0.2) is 0 Å². The van der Waals surface area contributed by atoms with Crippen molar-refractivity contribution in [2.24, 2.45) is 11.3 Å². The molecule has 0 aromatic heterocycles. The van der Waals surface area contributed by atoms with Crippen LogP contribution in [0, 0.1) is 11.3 Å². The second-order valence-corrected chi connectivity index (χ2v) is 7.89. The molecule has 2 saturated carbocycles. The van der Waals surface area contributed by atoms with Gasteiger partial charge in [-0.3, -0.25) is 9.69 Å². The van der Waals surface area contributed by atoms with Gasteiger partial charge in [0.05, 0.1) is 11.5 Å². The van der Waals surface area contributed by atoms with Crippen molar-refractivity contribution in [2.45, 2.75) is 57.6 Å². The molecule has 0 radical (unpaired) electrons. The third-order valence-corrected chi connectivity index (χ3v) is 6.28. The largest absolute Gasteiger partial charge is 0.490 e. The van der Waals surface area contributed by atoms with E-state index in [9.17, 15) is 9.90 Å². The summed E-state index contributed by atoms with van der Waals surface area (Å²) in [6.45, 7) is 2.44. The maximum absolute atomic E-state index is 11.8. The van der Waals surface area contributed by atoms with Crippen LogP contribution in [0.2, 0.25) is 0 Å². The molecule has 1 aliphatic heterocycles. The van der Waals surface area contributed by atoms with Crippen LogP contribution < -0.4 is 4.74 Å². The zero-order valence-electron chi connectivity index (χ0n) is 14.2. The summed E-state index contributed by atoms with van der Waals surface area (Å²) in [5.74, 6) is 0.700. The minimum Gasteiger partial charge on any atom is -0.490 e. The van der Waals surface area contributed by atoms with Crippen LogP contribution in [0.1, 0.15) is 50.5 Å². The zero-order valence-corrected chi connectivity index (χ0v) is 14.2. The lowest BCUT2D eigenvalue weighted by molar-refractivity contribution is -0.149. The number of carboxylic acid groups (broad SMARTS) is 1. The summed E-state index contributed by atoms with van der Waals surface area (Å²) in [4.78, 5) is 14.1. The van der Waals surface area contributed by atoms with Crippen molar-refractivity contribution in [3.8, 4) is 5.75 Å². The van der Waals surface area contributed by atoms with Gasteiger partial charge < -0.3 is 9.84 Å². The van der Waals surface area contributed by atoms with Gasteiger partial charge in [-0.15, -0.1) is 0 Å². The predicted octanol–water partition coefficient (Wildman–Crippen LogP) is 3.69. The van der Waals surface area contributed by atoms with Crippen molar-refractivity contribution in [3.63, 3.8) is 0 Å². The number of nitrogens with zero attached hydrogens (tertiary/aromatic N) is 1. The van der Waals surface area contributed by atoms with Crippen LogP contribution in [0.5, 0.6) is 5.75 Å². The number of aliphatic carboxylic acids is 1. The third kappa shape index (κ3) is 2.92. The number of carboxylic acids is 1. The molecule has 24 heavy (non-hydrogen) atoms. The van der Waals surface area contributed by atoms with Crippen LogP contribution in [-0.4, -0.2) is 35.2 Å². The Morgan fingerprint density at radius 1 is 1.25 bits per heavy atom. The summed E-state index contributed by atoms with van der Waals surface area (Å²) >= 11 is 0. The molecular weight excluding hydrogens is 302 g/mol. The van der Waals surface area contributed by atoms with E-state index in [1.54, 1.807) is 0 Å². The average Bonchev–Trinajstić information content (AvgIpc) is 3.23. The van der Waals surface area contributed by atoms with Crippen LogP contribution >= 0.6 is 0 Å². The van der Waals surface area contributed by atoms with E-state index in [0.717, 1.165) is 38.1 Å². The Labute approximate surface area is 143 Å². The molecule has 1 aromatic carbocycles. The highest BCUT2D eigenvalue weighted by molar-refractivity contribution is 5.76. The van der Waals surface area contributed by atoms with Gasteiger partial charge in [0.1, 0.15) is 5.75 Å². The van der Waals surface area contributed by atoms with Gasteiger partial charge in [-0.1, -0.05) is 18.6 Å². The number of hydrogen-bond acceptors (Lipinski definition) is 3. The molecule has 2 atom stereocenters. The number of hydrogen-bond donors (Lipinski definition) is 1. The molecule has 1 heterocycles. The Morgan fingerprint density at radius 2 is 2.08 bits per heavy atom. The molecule has 0 unspecified atom stereocenters. The Kier molecular flexibility index (Phi) is 4.25. The molecular formula is C20H27NO3. The monoisotopic (exact) mass is 329 g/mol. The second kappa shape index (κ2) is 6.40. The van der Waals surface area contributed by atoms with Crippen molar-refractivity contribution >= 4 is 5.97 Å². The van der Waals surface area contributed by atoms with Gasteiger partial charge in [-0.05, 0) is 62.1 Å². The Balaban J connectivity index is 1.41. The first-order valence-electron chi connectivity index (χ1n) is 9.37. The van der Waals surface area contributed by atoms with Crippen molar-refractivity contribution in [1.82, 2.24) is 4.90 Å². The minimum absolute atomic E-state index is 0.327. The normalized spacial score (nSPS) is 30.6. The molecule has 3 fully saturated rings. The van der Waals surface area contributed by atoms with Gasteiger partial charge in [0, 0.05) is 19.6 Å². The molecule has 0 bridgehead atoms. The molecule has 0 spiro atoms. The number of rotatable bonds is 5. The van der Waals surface area contributed by atoms with E-state index in [1.165, 1.54) is 31.2 Å². The van der Waals surface area contributed by atoms with Crippen LogP contribution in [0.25, 0.3) is 0 Å². The van der Waals surface area contributed by atoms with Gasteiger partial charge in [-0.25, -0.2) is 0 Å². The standard InChI is InChI=1S/C20H27NO3/c22-19(23)20-10-4-6-16(20)13-21(14-20)12-15-5-3-9-18(11-15)24-17-7-1-2-8-17/h3,5,9,11,16-17H,1-2,4,6-8,10,12-14H2,(H,22,23)/t16-,20+/m0/s1. The number of benzene rings is 1. The Morgan fingerprint density at radius 3 is 2.83 bits per heavy atom. The van der Waals surface area contributed by atoms with Crippen molar-refractivity contribution in [2.75, 3.05) is 13.1 Å². The summed E-state index contributed by atoms with van der Waals surface area (Å²) in [6, 6.07) is 8.37. The fraction of sp³-hybridized carbons (Fsp3) is 0.650. The van der Waals surface area contributed by atoms with Gasteiger partial charge >= 0.3 is 5.97 Å². The van der Waals surface area contributed by atoms with E-state index in [4.69, 9.17) is 4.74 Å². The summed E-state index contributed by atoms with van der Waals surface area (Å²) in [6.07, 6.45) is 8.23. The minimum atomic E-state index is -0.592. The molecule has 4 nitrogen and oxygen atoms in total. The summed E-state index contributed by atoms with van der Waals surface area (Å²) < 4.78 is 6.10. The Bertz CT molecular complexity index is 611. The molecule has 1 N–H and O–H groups in total. The van der Waals surface area contributed by atoms with E-state index >= 15 is 0 Å². The highest BCUT2D eigenvalue weighted by atomic mass is 16.5. The quantitative estimate of drug-likeness (QED) is 0.895. The van der Waals surface area contributed by atoms with E-state index in [-0.39, 0.29) is 0 Å². The number of likely N-dealkylation sites (tertiary alicyclic amines) is 1. The lowest BCUT2D eigenvalue weighted by atomic mass is 9.81. The molecule has 2 aliphatic carbocycles. The summed E-state index contributed by atoms with van der Waals surface area (Å²) in [7, 11) is 0. The SMILES string of the molecule is O=C(O)[C@@]12CCC[C@H]1CN(Cc1cccc(OC3CCCC3)c1)C2. The molecule has 4 rings (SSSR count). The van der Waals surface area contributed by atoms with Gasteiger partial charge in [0.25, 0.3) is 0 Å². The topological polar surface area (TPSA) is 49.8 Å². The van der Waals surface area contributed by atoms with Gasteiger partial charge in [-0.2, -0.15) is 0 Å². The molecule has 130 valence electrons. The molecule has 0 amide bonds. The lowest BCUT2D eigenvalue weighted by Gasteiger charge is -2.23. The molecule has 3 aliphatic rings. The van der Waals surface area contributed by atoms with E-state index in [0.29, 0.717) is 18.6 Å². The first-order valence-corrected chi connectivity index (χ1v) is 9.37. The maximum Gasteiger partial charge on any atom is 0.311 e. The Hall–Kier alpha value is -1.55. The third-order valence-electron chi connectivity index (χ3n) is 6.28. The van der Waals surface area contributed by atoms with Crippen molar-refractivity contribution in [1.29, 1.82) is 0 Å². The van der Waals surface area contributed by atoms with E-state index in [1.807, 2.05) is 6.07 Å². The van der Waals surface area contributed by atoms with Crippen LogP contribution in [0.4, 0.5) is 0 Å². The average molecular weight is 329 g/mol. The van der Waals surface area contributed by atoms with E-state index in [2.05, 4.69) is 23.1 Å². The summed E-state index contributed by atoms with van der Waals surface area (Å²) in [5.41, 5.74) is 0.740. The van der Waals surface area contributed by atoms with Gasteiger partial charge in [0.2, 0.25) is 0 Å².